The summed E-state index contributed by atoms with van der Waals surface area (Å²) in [5, 5.41) is 67.2. The molecule has 16 heteroatoms. The Balaban J connectivity index is 1.36. The fourth-order valence-corrected chi connectivity index (χ4v) is 3.79. The summed E-state index contributed by atoms with van der Waals surface area (Å²) >= 11 is 0. The number of rotatable bonds is 7. The molecule has 4 heterocycles. The zero-order valence-corrected chi connectivity index (χ0v) is 17.6. The van der Waals surface area contributed by atoms with Gasteiger partial charge < -0.3 is 44.8 Å². The molecular formula is C18H25N5O11. The van der Waals surface area contributed by atoms with Gasteiger partial charge in [-0.05, 0) is 0 Å². The van der Waals surface area contributed by atoms with Gasteiger partial charge in [0.15, 0.2) is 12.5 Å². The number of aromatic amines is 1. The summed E-state index contributed by atoms with van der Waals surface area (Å²) in [6.07, 6.45) is -9.56. The molecule has 9 atom stereocenters. The van der Waals surface area contributed by atoms with Crippen LogP contribution in [-0.4, -0.2) is 111 Å². The Hall–Kier alpha value is -2.54. The van der Waals surface area contributed by atoms with Crippen LogP contribution in [0.2, 0.25) is 0 Å². The first kappa shape index (κ1) is 24.6. The summed E-state index contributed by atoms with van der Waals surface area (Å²) < 4.78 is 18.5. The van der Waals surface area contributed by atoms with E-state index in [0.717, 1.165) is 16.8 Å². The second-order valence-corrected chi connectivity index (χ2v) is 8.00. The normalized spacial score (nSPS) is 36.1. The molecule has 0 radical (unpaired) electrons. The Kier molecular flexibility index (Phi) is 7.22. The Bertz CT molecular complexity index is 1090. The van der Waals surface area contributed by atoms with Crippen molar-refractivity contribution in [2.45, 2.75) is 68.4 Å². The average molecular weight is 487 g/mol. The molecule has 0 unspecified atom stereocenters. The van der Waals surface area contributed by atoms with Crippen molar-refractivity contribution in [2.24, 2.45) is 0 Å². The van der Waals surface area contributed by atoms with Crippen molar-refractivity contribution in [2.75, 3.05) is 6.61 Å². The van der Waals surface area contributed by atoms with Crippen LogP contribution in [0.25, 0.3) is 0 Å². The maximum Gasteiger partial charge on any atom is 0.330 e. The number of nitrogens with one attached hydrogen (secondary N) is 1. The van der Waals surface area contributed by atoms with E-state index < -0.39 is 73.1 Å². The third-order valence-corrected chi connectivity index (χ3v) is 5.66. The number of nitrogens with zero attached hydrogens (tertiary/aromatic N) is 4. The molecule has 0 saturated carbocycles. The molecular weight excluding hydrogens is 462 g/mol. The molecule has 0 bridgehead atoms. The summed E-state index contributed by atoms with van der Waals surface area (Å²) in [6, 6.07) is 1.08. The van der Waals surface area contributed by atoms with Gasteiger partial charge in [-0.15, -0.1) is 5.10 Å². The fraction of sp³-hybridized carbons (Fsp3) is 0.667. The highest BCUT2D eigenvalue weighted by molar-refractivity contribution is 4.96. The van der Waals surface area contributed by atoms with Crippen molar-refractivity contribution < 1.29 is 44.8 Å². The number of H-pyrrole nitrogens is 1. The summed E-state index contributed by atoms with van der Waals surface area (Å²) in [7, 11) is 0. The number of aromatic nitrogens is 5. The maximum absolute atomic E-state index is 12.0. The Morgan fingerprint density at radius 1 is 1.00 bits per heavy atom. The lowest BCUT2D eigenvalue weighted by Gasteiger charge is -2.39. The molecule has 0 aromatic carbocycles. The SMILES string of the molecule is O=c1ccn([C@@H]2O[C@H](Cn3cc(CO[C@H]4O[C@H](CO)[C@@H](O)[C@H](O)[C@@H]4O)nn3)[C@@H](O)[C@H]2O)c(=O)[nH]1. The Morgan fingerprint density at radius 3 is 2.44 bits per heavy atom. The molecule has 16 nitrogen and oxygen atoms in total. The first-order chi connectivity index (χ1) is 16.2. The second kappa shape index (κ2) is 9.98. The lowest BCUT2D eigenvalue weighted by atomic mass is 9.99. The van der Waals surface area contributed by atoms with Crippen molar-refractivity contribution in [3.63, 3.8) is 0 Å². The minimum absolute atomic E-state index is 0.0557. The minimum Gasteiger partial charge on any atom is -0.394 e. The van der Waals surface area contributed by atoms with Gasteiger partial charge in [0.1, 0.15) is 48.4 Å². The van der Waals surface area contributed by atoms with Gasteiger partial charge in [-0.25, -0.2) is 9.48 Å². The van der Waals surface area contributed by atoms with E-state index in [1.54, 1.807) is 0 Å². The predicted octanol–water partition coefficient (Wildman–Crippen LogP) is -5.24. The van der Waals surface area contributed by atoms with Gasteiger partial charge in [-0.2, -0.15) is 0 Å². The molecule has 2 aliphatic rings. The minimum atomic E-state index is -1.58. The van der Waals surface area contributed by atoms with E-state index in [1.165, 1.54) is 10.9 Å². The highest BCUT2D eigenvalue weighted by Gasteiger charge is 2.45. The first-order valence-electron chi connectivity index (χ1n) is 10.3. The molecule has 34 heavy (non-hydrogen) atoms. The molecule has 0 amide bonds. The molecule has 2 aromatic heterocycles. The van der Waals surface area contributed by atoms with Crippen molar-refractivity contribution in [3.05, 3.63) is 45.0 Å². The third-order valence-electron chi connectivity index (χ3n) is 5.66. The highest BCUT2D eigenvalue weighted by Crippen LogP contribution is 2.29. The monoisotopic (exact) mass is 487 g/mol. The zero-order valence-electron chi connectivity index (χ0n) is 17.6. The topological polar surface area (TPSA) is 235 Å². The van der Waals surface area contributed by atoms with Crippen LogP contribution in [0, 0.1) is 0 Å². The quantitative estimate of drug-likeness (QED) is 0.194. The van der Waals surface area contributed by atoms with Crippen LogP contribution in [0.1, 0.15) is 11.9 Å². The molecule has 2 saturated heterocycles. The van der Waals surface area contributed by atoms with E-state index in [2.05, 4.69) is 10.3 Å². The first-order valence-corrected chi connectivity index (χ1v) is 10.3. The molecule has 7 N–H and O–H groups in total. The van der Waals surface area contributed by atoms with Crippen LogP contribution in [0.15, 0.2) is 28.0 Å². The number of hydrogen-bond donors (Lipinski definition) is 7. The zero-order chi connectivity index (χ0) is 24.6. The smallest absolute Gasteiger partial charge is 0.330 e. The molecule has 188 valence electrons. The highest BCUT2D eigenvalue weighted by atomic mass is 16.7. The molecule has 2 aromatic rings. The van der Waals surface area contributed by atoms with Gasteiger partial charge in [0.2, 0.25) is 0 Å². The Morgan fingerprint density at radius 2 is 1.74 bits per heavy atom. The number of ether oxygens (including phenoxy) is 3. The van der Waals surface area contributed by atoms with E-state index >= 15 is 0 Å². The maximum atomic E-state index is 12.0. The standard InChI is InChI=1S/C18H25N5O11/c24-5-9-12(27)13(28)15(30)17(34-9)32-6-7-3-22(21-20-7)4-8-11(26)14(29)16(33-8)23-2-1-10(25)19-18(23)31/h1-3,8-9,11-17,24,26-30H,4-6H2,(H,19,25,31)/t8-,9-,11-,12-,13+,14-,15+,16-,17+/m1/s1. The van der Waals surface area contributed by atoms with Crippen molar-refractivity contribution in [1.82, 2.24) is 24.5 Å². The fourth-order valence-electron chi connectivity index (χ4n) is 3.79. The summed E-state index contributed by atoms with van der Waals surface area (Å²) in [6.45, 7) is -0.864. The van der Waals surface area contributed by atoms with Crippen LogP contribution >= 0.6 is 0 Å². The van der Waals surface area contributed by atoms with Crippen molar-refractivity contribution in [1.29, 1.82) is 0 Å². The van der Waals surface area contributed by atoms with Crippen LogP contribution in [-0.2, 0) is 27.4 Å². The van der Waals surface area contributed by atoms with Gasteiger partial charge in [0, 0.05) is 12.3 Å². The third kappa shape index (κ3) is 4.81. The summed E-state index contributed by atoms with van der Waals surface area (Å²) in [4.78, 5) is 25.3. The predicted molar refractivity (Wildman–Crippen MR) is 106 cm³/mol. The van der Waals surface area contributed by atoms with Crippen LogP contribution in [0.5, 0.6) is 0 Å². The molecule has 0 spiro atoms. The van der Waals surface area contributed by atoms with Crippen molar-refractivity contribution >= 4 is 0 Å². The van der Waals surface area contributed by atoms with E-state index in [4.69, 9.17) is 14.2 Å². The van der Waals surface area contributed by atoms with Gasteiger partial charge in [0.25, 0.3) is 5.56 Å². The van der Waals surface area contributed by atoms with Gasteiger partial charge in [-0.3, -0.25) is 14.3 Å². The summed E-state index contributed by atoms with van der Waals surface area (Å²) in [5.74, 6) is 0. The number of aliphatic hydroxyl groups is 6. The lowest BCUT2D eigenvalue weighted by Crippen LogP contribution is -2.59. The lowest BCUT2D eigenvalue weighted by molar-refractivity contribution is -0.304. The number of aliphatic hydroxyl groups excluding tert-OH is 6. The van der Waals surface area contributed by atoms with Gasteiger partial charge in [0.05, 0.1) is 26.0 Å². The van der Waals surface area contributed by atoms with Crippen LogP contribution < -0.4 is 11.2 Å². The molecule has 0 aliphatic carbocycles. The average Bonchev–Trinajstić information content (AvgIpc) is 3.37. The van der Waals surface area contributed by atoms with E-state index in [0.29, 0.717) is 0 Å². The molecule has 2 aliphatic heterocycles. The summed E-state index contributed by atoms with van der Waals surface area (Å²) in [5.41, 5.74) is -1.15. The molecule has 2 fully saturated rings. The largest absolute Gasteiger partial charge is 0.394 e. The van der Waals surface area contributed by atoms with Crippen molar-refractivity contribution in [3.8, 4) is 0 Å². The van der Waals surface area contributed by atoms with E-state index in [1.807, 2.05) is 4.98 Å². The Labute approximate surface area is 190 Å². The van der Waals surface area contributed by atoms with Crippen LogP contribution in [0.4, 0.5) is 0 Å². The van der Waals surface area contributed by atoms with Crippen LogP contribution in [0.3, 0.4) is 0 Å². The van der Waals surface area contributed by atoms with Gasteiger partial charge >= 0.3 is 5.69 Å². The number of hydrogen-bond acceptors (Lipinski definition) is 13. The molecule has 4 rings (SSSR count). The van der Waals surface area contributed by atoms with Gasteiger partial charge in [-0.1, -0.05) is 5.21 Å². The van der Waals surface area contributed by atoms with E-state index in [-0.39, 0.29) is 18.8 Å². The second-order valence-electron chi connectivity index (χ2n) is 8.00. The van der Waals surface area contributed by atoms with E-state index in [9.17, 15) is 40.2 Å².